The first kappa shape index (κ1) is 14.2. The molecule has 7 heteroatoms. The van der Waals surface area contributed by atoms with Gasteiger partial charge in [-0.3, -0.25) is 4.79 Å². The number of hydrogen-bond donors (Lipinski definition) is 3. The summed E-state index contributed by atoms with van der Waals surface area (Å²) in [6.45, 7) is 0. The summed E-state index contributed by atoms with van der Waals surface area (Å²) >= 11 is 5.12. The van der Waals surface area contributed by atoms with Crippen molar-refractivity contribution in [3.05, 3.63) is 28.2 Å². The number of oxime groups is 1. The summed E-state index contributed by atoms with van der Waals surface area (Å²) in [6.07, 6.45) is 0.892. The lowest BCUT2D eigenvalue weighted by molar-refractivity contribution is -0.119. The van der Waals surface area contributed by atoms with E-state index in [9.17, 15) is 4.79 Å². The van der Waals surface area contributed by atoms with Gasteiger partial charge in [0.15, 0.2) is 5.84 Å². The Hall–Kier alpha value is -1.21. The van der Waals surface area contributed by atoms with Gasteiger partial charge in [-0.1, -0.05) is 21.1 Å². The van der Waals surface area contributed by atoms with Gasteiger partial charge in [0.05, 0.1) is 5.69 Å². The molecule has 1 aliphatic rings. The van der Waals surface area contributed by atoms with E-state index in [0.717, 1.165) is 22.4 Å². The SMILES string of the molecule is N/C(=N/O)c1ccc(Br)cc1NC(=O)C1CCSC1. The van der Waals surface area contributed by atoms with Crippen LogP contribution in [0.5, 0.6) is 0 Å². The second kappa shape index (κ2) is 6.29. The van der Waals surface area contributed by atoms with Crippen LogP contribution in [0.25, 0.3) is 0 Å². The molecule has 1 fully saturated rings. The van der Waals surface area contributed by atoms with Gasteiger partial charge in [0.2, 0.25) is 5.91 Å². The fourth-order valence-electron chi connectivity index (χ4n) is 1.87. The number of nitrogens with zero attached hydrogens (tertiary/aromatic N) is 1. The van der Waals surface area contributed by atoms with Crippen molar-refractivity contribution in [2.24, 2.45) is 16.8 Å². The zero-order valence-corrected chi connectivity index (χ0v) is 12.5. The first-order valence-corrected chi connectivity index (χ1v) is 7.72. The van der Waals surface area contributed by atoms with E-state index in [1.807, 2.05) is 0 Å². The minimum absolute atomic E-state index is 0.0184. The van der Waals surface area contributed by atoms with Crippen LogP contribution in [0.4, 0.5) is 5.69 Å². The van der Waals surface area contributed by atoms with E-state index in [4.69, 9.17) is 10.9 Å². The third kappa shape index (κ3) is 3.42. The summed E-state index contributed by atoms with van der Waals surface area (Å²) in [7, 11) is 0. The number of carbonyl (C=O) groups is 1. The summed E-state index contributed by atoms with van der Waals surface area (Å²) in [5, 5.41) is 14.6. The molecule has 0 bridgehead atoms. The molecular formula is C12H14BrN3O2S. The predicted molar refractivity (Wildman–Crippen MR) is 80.7 cm³/mol. The van der Waals surface area contributed by atoms with Crippen LogP contribution in [-0.4, -0.2) is 28.5 Å². The number of halogens is 1. The Morgan fingerprint density at radius 1 is 1.58 bits per heavy atom. The molecule has 1 atom stereocenters. The van der Waals surface area contributed by atoms with Crippen LogP contribution in [0.2, 0.25) is 0 Å². The first-order valence-electron chi connectivity index (χ1n) is 5.78. The molecule has 1 unspecified atom stereocenters. The maximum absolute atomic E-state index is 12.1. The average Bonchev–Trinajstić information content (AvgIpc) is 2.92. The van der Waals surface area contributed by atoms with Crippen molar-refractivity contribution in [1.82, 2.24) is 0 Å². The van der Waals surface area contributed by atoms with Crippen molar-refractivity contribution in [1.29, 1.82) is 0 Å². The molecule has 102 valence electrons. The topological polar surface area (TPSA) is 87.7 Å². The van der Waals surface area contributed by atoms with E-state index >= 15 is 0 Å². The Kier molecular flexibility index (Phi) is 4.71. The number of carbonyl (C=O) groups excluding carboxylic acids is 1. The smallest absolute Gasteiger partial charge is 0.228 e. The molecule has 1 saturated heterocycles. The van der Waals surface area contributed by atoms with Crippen LogP contribution < -0.4 is 11.1 Å². The minimum Gasteiger partial charge on any atom is -0.409 e. The highest BCUT2D eigenvalue weighted by atomic mass is 79.9. The Balaban J connectivity index is 2.22. The molecule has 1 amide bonds. The molecule has 1 aliphatic heterocycles. The van der Waals surface area contributed by atoms with E-state index < -0.39 is 0 Å². The molecule has 1 heterocycles. The first-order chi connectivity index (χ1) is 9.11. The number of amidine groups is 1. The van der Waals surface area contributed by atoms with Gasteiger partial charge in [-0.15, -0.1) is 0 Å². The van der Waals surface area contributed by atoms with Crippen molar-refractivity contribution in [2.45, 2.75) is 6.42 Å². The van der Waals surface area contributed by atoms with Crippen LogP contribution in [0, 0.1) is 5.92 Å². The molecule has 0 aliphatic carbocycles. The number of nitrogens with two attached hydrogens (primary N) is 1. The zero-order valence-electron chi connectivity index (χ0n) is 10.1. The van der Waals surface area contributed by atoms with Gasteiger partial charge in [-0.05, 0) is 30.4 Å². The Morgan fingerprint density at radius 2 is 2.37 bits per heavy atom. The standard InChI is InChI=1S/C12H14BrN3O2S/c13-8-1-2-9(11(14)16-18)10(5-8)15-12(17)7-3-4-19-6-7/h1-2,5,7,18H,3-4,6H2,(H2,14,16)(H,15,17). The zero-order chi connectivity index (χ0) is 13.8. The van der Waals surface area contributed by atoms with Gasteiger partial charge >= 0.3 is 0 Å². The van der Waals surface area contributed by atoms with Gasteiger partial charge in [-0.25, -0.2) is 0 Å². The predicted octanol–water partition coefficient (Wildman–Crippen LogP) is 2.24. The molecule has 0 saturated carbocycles. The van der Waals surface area contributed by atoms with Gasteiger partial charge in [0, 0.05) is 21.7 Å². The monoisotopic (exact) mass is 343 g/mol. The van der Waals surface area contributed by atoms with Crippen molar-refractivity contribution in [3.63, 3.8) is 0 Å². The summed E-state index contributed by atoms with van der Waals surface area (Å²) in [6, 6.07) is 5.21. The second-order valence-electron chi connectivity index (χ2n) is 4.22. The molecule has 19 heavy (non-hydrogen) atoms. The number of rotatable bonds is 3. The Labute approximate surface area is 123 Å². The van der Waals surface area contributed by atoms with E-state index in [2.05, 4.69) is 26.4 Å². The lowest BCUT2D eigenvalue weighted by atomic mass is 10.1. The van der Waals surface area contributed by atoms with Crippen molar-refractivity contribution < 1.29 is 10.0 Å². The molecular weight excluding hydrogens is 330 g/mol. The van der Waals surface area contributed by atoms with Crippen LogP contribution in [0.1, 0.15) is 12.0 Å². The quantitative estimate of drug-likeness (QED) is 0.340. The van der Waals surface area contributed by atoms with Crippen LogP contribution in [0.15, 0.2) is 27.8 Å². The Morgan fingerprint density at radius 3 is 3.00 bits per heavy atom. The molecule has 1 aromatic carbocycles. The maximum atomic E-state index is 12.1. The van der Waals surface area contributed by atoms with E-state index in [0.29, 0.717) is 11.3 Å². The fraction of sp³-hybridized carbons (Fsp3) is 0.333. The van der Waals surface area contributed by atoms with Crippen molar-refractivity contribution in [2.75, 3.05) is 16.8 Å². The largest absolute Gasteiger partial charge is 0.409 e. The lowest BCUT2D eigenvalue weighted by Gasteiger charge is -2.13. The molecule has 5 nitrogen and oxygen atoms in total. The number of hydrogen-bond acceptors (Lipinski definition) is 4. The van der Waals surface area contributed by atoms with E-state index in [1.54, 1.807) is 30.0 Å². The summed E-state index contributed by atoms with van der Waals surface area (Å²) in [5.41, 5.74) is 6.66. The van der Waals surface area contributed by atoms with Gasteiger partial charge in [-0.2, -0.15) is 11.8 Å². The summed E-state index contributed by atoms with van der Waals surface area (Å²) in [5.74, 6) is 1.85. The molecule has 0 aromatic heterocycles. The van der Waals surface area contributed by atoms with Crippen LogP contribution >= 0.6 is 27.7 Å². The maximum Gasteiger partial charge on any atom is 0.228 e. The van der Waals surface area contributed by atoms with Gasteiger partial charge in [0.1, 0.15) is 0 Å². The van der Waals surface area contributed by atoms with Crippen LogP contribution in [0.3, 0.4) is 0 Å². The molecule has 0 spiro atoms. The highest BCUT2D eigenvalue weighted by Gasteiger charge is 2.24. The second-order valence-corrected chi connectivity index (χ2v) is 6.29. The van der Waals surface area contributed by atoms with Gasteiger partial charge in [0.25, 0.3) is 0 Å². The van der Waals surface area contributed by atoms with Crippen molar-refractivity contribution >= 4 is 45.1 Å². The number of thioether (sulfide) groups is 1. The minimum atomic E-state index is -0.0244. The normalized spacial score (nSPS) is 19.4. The fourth-order valence-corrected chi connectivity index (χ4v) is 3.45. The van der Waals surface area contributed by atoms with E-state index in [-0.39, 0.29) is 17.7 Å². The molecule has 1 aromatic rings. The molecule has 0 radical (unpaired) electrons. The van der Waals surface area contributed by atoms with E-state index in [1.165, 1.54) is 0 Å². The number of anilines is 1. The summed E-state index contributed by atoms with van der Waals surface area (Å²) < 4.78 is 0.818. The number of benzene rings is 1. The molecule has 4 N–H and O–H groups in total. The lowest BCUT2D eigenvalue weighted by Crippen LogP contribution is -2.24. The highest BCUT2D eigenvalue weighted by molar-refractivity contribution is 9.10. The van der Waals surface area contributed by atoms with Crippen molar-refractivity contribution in [3.8, 4) is 0 Å². The van der Waals surface area contributed by atoms with Crippen LogP contribution in [-0.2, 0) is 4.79 Å². The highest BCUT2D eigenvalue weighted by Crippen LogP contribution is 2.26. The third-order valence-electron chi connectivity index (χ3n) is 2.92. The number of amides is 1. The third-order valence-corrected chi connectivity index (χ3v) is 4.58. The number of nitrogens with one attached hydrogen (secondary N) is 1. The van der Waals surface area contributed by atoms with Gasteiger partial charge < -0.3 is 16.3 Å². The average molecular weight is 344 g/mol. The molecule has 2 rings (SSSR count). The summed E-state index contributed by atoms with van der Waals surface area (Å²) in [4.78, 5) is 12.1. The Bertz CT molecular complexity index is 516.